The molecule has 3 unspecified atom stereocenters. The van der Waals surface area contributed by atoms with Crippen LogP contribution in [0.4, 0.5) is 0 Å². The van der Waals surface area contributed by atoms with Gasteiger partial charge in [-0.1, -0.05) is 141 Å². The molecule has 1 fully saturated rings. The highest BCUT2D eigenvalue weighted by molar-refractivity contribution is 7.47. The van der Waals surface area contributed by atoms with Crippen LogP contribution in [0.5, 0.6) is 0 Å². The quantitative estimate of drug-likeness (QED) is 0.0179. The third-order valence-electron chi connectivity index (χ3n) is 9.40. The smallest absolute Gasteiger partial charge is 0.462 e. The normalized spacial score (nSPS) is 18.0. The van der Waals surface area contributed by atoms with Gasteiger partial charge in [-0.3, -0.25) is 18.6 Å². The second-order valence-corrected chi connectivity index (χ2v) is 16.7. The van der Waals surface area contributed by atoms with E-state index in [-0.39, 0.29) is 31.7 Å². The minimum Gasteiger partial charge on any atom is -0.462 e. The van der Waals surface area contributed by atoms with Gasteiger partial charge in [-0.15, -0.1) is 0 Å². The van der Waals surface area contributed by atoms with E-state index in [0.717, 1.165) is 50.9 Å². The van der Waals surface area contributed by atoms with Crippen LogP contribution in [0.3, 0.4) is 0 Å². The fourth-order valence-electron chi connectivity index (χ4n) is 5.97. The fourth-order valence-corrected chi connectivity index (χ4v) is 6.76. The van der Waals surface area contributed by atoms with Gasteiger partial charge in [0.05, 0.1) is 32.0 Å². The van der Waals surface area contributed by atoms with Gasteiger partial charge in [0.2, 0.25) is 0 Å². The maximum absolute atomic E-state index is 12.7. The van der Waals surface area contributed by atoms with Gasteiger partial charge < -0.3 is 29.3 Å². The highest BCUT2D eigenvalue weighted by atomic mass is 31.2. The zero-order valence-electron chi connectivity index (χ0n) is 34.5. The molecule has 0 spiro atoms. The number of carbonyl (C=O) groups excluding carboxylic acids is 2. The van der Waals surface area contributed by atoms with Crippen molar-refractivity contribution < 1.29 is 52.5 Å². The molecule has 320 valence electrons. The molecular weight excluding hydrogens is 723 g/mol. The molecule has 1 rings (SSSR count). The van der Waals surface area contributed by atoms with Crippen molar-refractivity contribution >= 4 is 19.8 Å². The van der Waals surface area contributed by atoms with Crippen LogP contribution in [-0.2, 0) is 37.4 Å². The highest BCUT2D eigenvalue weighted by Gasteiger charge is 2.37. The molecule has 5 atom stereocenters. The first kappa shape index (κ1) is 51.2. The lowest BCUT2D eigenvalue weighted by atomic mass is 10.0. The largest absolute Gasteiger partial charge is 0.472 e. The molecule has 11 nitrogen and oxygen atoms in total. The molecule has 12 heteroatoms. The van der Waals surface area contributed by atoms with Gasteiger partial charge in [0.25, 0.3) is 0 Å². The van der Waals surface area contributed by atoms with E-state index in [2.05, 4.69) is 61.8 Å². The number of epoxide rings is 1. The summed E-state index contributed by atoms with van der Waals surface area (Å²) in [4.78, 5) is 35.1. The summed E-state index contributed by atoms with van der Waals surface area (Å²) >= 11 is 0. The van der Waals surface area contributed by atoms with Gasteiger partial charge >= 0.3 is 19.8 Å². The molecule has 0 saturated carbocycles. The average molecular weight is 801 g/mol. The number of ether oxygens (including phenoxy) is 3. The van der Waals surface area contributed by atoms with Gasteiger partial charge in [-0.05, 0) is 57.3 Å². The maximum Gasteiger partial charge on any atom is 0.472 e. The first-order valence-electron chi connectivity index (χ1n) is 21.4. The molecule has 0 amide bonds. The summed E-state index contributed by atoms with van der Waals surface area (Å²) in [6.45, 7) is 4.58. The van der Waals surface area contributed by atoms with Gasteiger partial charge in [-0.2, -0.15) is 0 Å². The number of esters is 2. The number of phosphoric ester groups is 1. The van der Waals surface area contributed by atoms with Crippen LogP contribution in [0, 0.1) is 5.92 Å². The summed E-state index contributed by atoms with van der Waals surface area (Å²) in [6, 6.07) is 0. The number of carbonyl (C=O) groups is 2. The van der Waals surface area contributed by atoms with Crippen molar-refractivity contribution in [1.82, 2.24) is 0 Å². The number of aliphatic hydroxyl groups is 2. The number of rotatable bonds is 38. The summed E-state index contributed by atoms with van der Waals surface area (Å²) in [6.07, 6.45) is 34.2. The van der Waals surface area contributed by atoms with Crippen LogP contribution in [0.2, 0.25) is 0 Å². The van der Waals surface area contributed by atoms with E-state index in [4.69, 9.17) is 23.8 Å². The molecule has 0 aromatic carbocycles. The van der Waals surface area contributed by atoms with E-state index in [1.807, 2.05) is 0 Å². The summed E-state index contributed by atoms with van der Waals surface area (Å²) in [7, 11) is -4.64. The average Bonchev–Trinajstić information content (AvgIpc) is 3.91. The predicted molar refractivity (Wildman–Crippen MR) is 218 cm³/mol. The van der Waals surface area contributed by atoms with Crippen LogP contribution in [0.1, 0.15) is 168 Å². The molecule has 0 radical (unpaired) electrons. The topological polar surface area (TPSA) is 161 Å². The molecule has 1 aliphatic heterocycles. The number of unbranched alkanes of at least 4 members (excludes halogenated alkanes) is 13. The van der Waals surface area contributed by atoms with E-state index in [1.165, 1.54) is 70.6 Å². The molecule has 1 heterocycles. The van der Waals surface area contributed by atoms with Crippen LogP contribution < -0.4 is 0 Å². The zero-order valence-corrected chi connectivity index (χ0v) is 35.4. The van der Waals surface area contributed by atoms with Crippen LogP contribution in [0.25, 0.3) is 0 Å². The monoisotopic (exact) mass is 801 g/mol. The first-order chi connectivity index (χ1) is 26.6. The summed E-state index contributed by atoms with van der Waals surface area (Å²) in [5.74, 6) is -0.204. The second kappa shape index (κ2) is 34.2. The minimum absolute atomic E-state index is 0.0897. The van der Waals surface area contributed by atoms with Crippen molar-refractivity contribution in [2.24, 2.45) is 5.92 Å². The SMILES string of the molecule is CCCCC/C=C\C/C=C\C/C=C\CC1OC1CCCC(=O)O[C@H](COC(=O)CCCCCCCCCCCCCC(C)C)COP(=O)(O)OC[C@@H](O)CO. The number of phosphoric acid groups is 1. The van der Waals surface area contributed by atoms with E-state index in [9.17, 15) is 24.2 Å². The van der Waals surface area contributed by atoms with E-state index < -0.39 is 51.8 Å². The number of aliphatic hydroxyl groups excluding tert-OH is 2. The highest BCUT2D eigenvalue weighted by Crippen LogP contribution is 2.43. The van der Waals surface area contributed by atoms with Crippen LogP contribution in [-0.4, -0.2) is 77.9 Å². The molecule has 0 aliphatic carbocycles. The van der Waals surface area contributed by atoms with E-state index in [1.54, 1.807) is 0 Å². The molecule has 0 aromatic rings. The lowest BCUT2D eigenvalue weighted by molar-refractivity contribution is -0.161. The number of allylic oxidation sites excluding steroid dienone is 5. The Labute approximate surface area is 333 Å². The Hall–Kier alpha value is -1.85. The summed E-state index contributed by atoms with van der Waals surface area (Å²) < 4.78 is 38.5. The summed E-state index contributed by atoms with van der Waals surface area (Å²) in [5, 5.41) is 18.3. The molecule has 1 aliphatic rings. The zero-order chi connectivity index (χ0) is 40.4. The maximum atomic E-state index is 12.7. The lowest BCUT2D eigenvalue weighted by Gasteiger charge is -2.20. The molecular formula is C43H77O11P. The Balaban J connectivity index is 2.32. The molecule has 1 saturated heterocycles. The Morgan fingerprint density at radius 3 is 1.93 bits per heavy atom. The van der Waals surface area contributed by atoms with E-state index >= 15 is 0 Å². The van der Waals surface area contributed by atoms with E-state index in [0.29, 0.717) is 19.3 Å². The van der Waals surface area contributed by atoms with Crippen molar-refractivity contribution in [2.45, 2.75) is 193 Å². The Morgan fingerprint density at radius 1 is 0.709 bits per heavy atom. The third-order valence-corrected chi connectivity index (χ3v) is 10.4. The molecule has 0 aromatic heterocycles. The van der Waals surface area contributed by atoms with Crippen molar-refractivity contribution in [3.8, 4) is 0 Å². The van der Waals surface area contributed by atoms with Gasteiger partial charge in [0.15, 0.2) is 6.10 Å². The van der Waals surface area contributed by atoms with Crippen molar-refractivity contribution in [3.63, 3.8) is 0 Å². The first-order valence-corrected chi connectivity index (χ1v) is 22.9. The van der Waals surface area contributed by atoms with Gasteiger partial charge in [0, 0.05) is 12.8 Å². The van der Waals surface area contributed by atoms with Crippen molar-refractivity contribution in [3.05, 3.63) is 36.5 Å². The standard InChI is InChI=1S/C43H77O11P/c1-4-5-6-7-8-9-10-13-16-19-22-25-29-40-41(54-40)30-27-32-43(47)53-39(36-52-55(48,49)51-34-38(45)33-44)35-50-42(46)31-26-23-20-17-14-11-12-15-18-21-24-28-37(2)3/h8-9,13,16,22,25,37-41,44-45H,4-7,10-12,14-15,17-21,23-24,26-36H2,1-3H3,(H,48,49)/b9-8-,16-13-,25-22-/t38-,39+,40?,41?/m0/s1. The molecule has 0 bridgehead atoms. The Morgan fingerprint density at radius 2 is 1.29 bits per heavy atom. The predicted octanol–water partition coefficient (Wildman–Crippen LogP) is 10.0. The fraction of sp³-hybridized carbons (Fsp3) is 0.814. The second-order valence-electron chi connectivity index (χ2n) is 15.2. The molecule has 55 heavy (non-hydrogen) atoms. The number of hydrogen-bond donors (Lipinski definition) is 3. The van der Waals surface area contributed by atoms with Crippen molar-refractivity contribution in [1.29, 1.82) is 0 Å². The number of hydrogen-bond acceptors (Lipinski definition) is 10. The Kier molecular flexibility index (Phi) is 31.8. The van der Waals surface area contributed by atoms with Crippen LogP contribution in [0.15, 0.2) is 36.5 Å². The van der Waals surface area contributed by atoms with Gasteiger partial charge in [-0.25, -0.2) is 4.57 Å². The van der Waals surface area contributed by atoms with Gasteiger partial charge in [0.1, 0.15) is 12.7 Å². The van der Waals surface area contributed by atoms with Crippen molar-refractivity contribution in [2.75, 3.05) is 26.4 Å². The lowest BCUT2D eigenvalue weighted by Crippen LogP contribution is -2.30. The molecule has 3 N–H and O–H groups in total. The minimum atomic E-state index is -4.64. The Bertz CT molecular complexity index is 1090. The third kappa shape index (κ3) is 32.9. The van der Waals surface area contributed by atoms with Crippen LogP contribution >= 0.6 is 7.82 Å². The summed E-state index contributed by atoms with van der Waals surface area (Å²) in [5.41, 5.74) is 0.